The third-order valence-electron chi connectivity index (χ3n) is 3.81. The van der Waals surface area contributed by atoms with Crippen molar-refractivity contribution < 1.29 is 19.4 Å². The van der Waals surface area contributed by atoms with E-state index in [4.69, 9.17) is 9.47 Å². The molecule has 0 bridgehead atoms. The number of carboxylic acids is 1. The Bertz CT molecular complexity index is 460. The summed E-state index contributed by atoms with van der Waals surface area (Å²) in [7, 11) is 3.30. The van der Waals surface area contributed by atoms with Crippen molar-refractivity contribution in [3.05, 3.63) is 11.4 Å². The molecule has 1 aromatic heterocycles. The molecule has 1 aliphatic carbocycles. The van der Waals surface area contributed by atoms with Crippen molar-refractivity contribution in [1.29, 1.82) is 0 Å². The lowest BCUT2D eigenvalue weighted by atomic mass is 9.92. The Morgan fingerprint density at radius 1 is 1.45 bits per heavy atom. The summed E-state index contributed by atoms with van der Waals surface area (Å²) in [4.78, 5) is 11.2. The molecule has 0 saturated heterocycles. The quantitative estimate of drug-likeness (QED) is 0.846. The lowest BCUT2D eigenvalue weighted by Gasteiger charge is -2.29. The zero-order valence-electron chi connectivity index (χ0n) is 11.9. The van der Waals surface area contributed by atoms with E-state index in [1.54, 1.807) is 18.9 Å². The number of hydrogen-bond donors (Lipinski definition) is 1. The van der Waals surface area contributed by atoms with Gasteiger partial charge in [-0.15, -0.1) is 5.10 Å². The van der Waals surface area contributed by atoms with Crippen molar-refractivity contribution in [3.8, 4) is 0 Å². The molecule has 7 heteroatoms. The van der Waals surface area contributed by atoms with Crippen molar-refractivity contribution in [1.82, 2.24) is 15.0 Å². The molecule has 0 aliphatic heterocycles. The Balaban J connectivity index is 2.23. The molecule has 0 amide bonds. The first-order valence-electron chi connectivity index (χ1n) is 6.86. The largest absolute Gasteiger partial charge is 0.476 e. The molecule has 1 aromatic rings. The molecule has 1 N–H and O–H groups in total. The third-order valence-corrected chi connectivity index (χ3v) is 3.81. The first-order valence-corrected chi connectivity index (χ1v) is 6.86. The number of carbonyl (C=O) groups is 1. The number of methoxy groups -OCH3 is 2. The molecule has 2 rings (SSSR count). The highest BCUT2D eigenvalue weighted by atomic mass is 16.5. The van der Waals surface area contributed by atoms with E-state index in [1.807, 2.05) is 0 Å². The Morgan fingerprint density at radius 2 is 2.25 bits per heavy atom. The van der Waals surface area contributed by atoms with E-state index in [-0.39, 0.29) is 17.8 Å². The smallest absolute Gasteiger partial charge is 0.358 e. The van der Waals surface area contributed by atoms with E-state index >= 15 is 0 Å². The number of carboxylic acid groups (broad SMARTS) is 1. The molecule has 1 fully saturated rings. The minimum Gasteiger partial charge on any atom is -0.476 e. The van der Waals surface area contributed by atoms with Crippen LogP contribution in [0.25, 0.3) is 0 Å². The van der Waals surface area contributed by atoms with Crippen LogP contribution < -0.4 is 0 Å². The zero-order chi connectivity index (χ0) is 14.5. The fourth-order valence-corrected chi connectivity index (χ4v) is 2.76. The van der Waals surface area contributed by atoms with E-state index in [9.17, 15) is 9.90 Å². The number of aromatic carboxylic acids is 1. The molecule has 1 saturated carbocycles. The number of hydrogen-bond acceptors (Lipinski definition) is 5. The van der Waals surface area contributed by atoms with Gasteiger partial charge >= 0.3 is 5.97 Å². The number of ether oxygens (including phenoxy) is 2. The summed E-state index contributed by atoms with van der Waals surface area (Å²) in [6.45, 7) is 0.452. The highest BCUT2D eigenvalue weighted by Gasteiger charge is 2.28. The van der Waals surface area contributed by atoms with Crippen molar-refractivity contribution in [2.75, 3.05) is 20.8 Å². The van der Waals surface area contributed by atoms with Crippen molar-refractivity contribution in [3.63, 3.8) is 0 Å². The maximum absolute atomic E-state index is 11.2. The van der Waals surface area contributed by atoms with Crippen LogP contribution in [0.3, 0.4) is 0 Å². The number of rotatable bonds is 6. The van der Waals surface area contributed by atoms with E-state index in [1.165, 1.54) is 0 Å². The van der Waals surface area contributed by atoms with Crippen LogP contribution in [0.1, 0.15) is 47.9 Å². The average Bonchev–Trinajstić information content (AvgIpc) is 2.89. The van der Waals surface area contributed by atoms with Crippen molar-refractivity contribution in [2.24, 2.45) is 0 Å². The Kier molecular flexibility index (Phi) is 5.08. The SMILES string of the molecule is COCCc1c(C(=O)O)nnn1C1CCCC(OC)C1. The van der Waals surface area contributed by atoms with Gasteiger partial charge in [-0.2, -0.15) is 0 Å². The predicted octanol–water partition coefficient (Wildman–Crippen LogP) is 1.30. The minimum atomic E-state index is -1.04. The van der Waals surface area contributed by atoms with Crippen LogP contribution in [0.2, 0.25) is 0 Å². The molecule has 0 radical (unpaired) electrons. The Morgan fingerprint density at radius 3 is 2.90 bits per heavy atom. The highest BCUT2D eigenvalue weighted by molar-refractivity contribution is 5.86. The van der Waals surface area contributed by atoms with Crippen LogP contribution in [0.4, 0.5) is 0 Å². The van der Waals surface area contributed by atoms with E-state index < -0.39 is 5.97 Å². The Hall–Kier alpha value is -1.47. The van der Waals surface area contributed by atoms with Crippen molar-refractivity contribution >= 4 is 5.97 Å². The highest BCUT2D eigenvalue weighted by Crippen LogP contribution is 2.30. The molecule has 2 atom stereocenters. The summed E-state index contributed by atoms with van der Waals surface area (Å²) < 4.78 is 12.2. The Labute approximate surface area is 117 Å². The summed E-state index contributed by atoms with van der Waals surface area (Å²) in [6, 6.07) is 0.154. The van der Waals surface area contributed by atoms with Gasteiger partial charge in [0.2, 0.25) is 0 Å². The molecule has 7 nitrogen and oxygen atoms in total. The molecule has 2 unspecified atom stereocenters. The van der Waals surface area contributed by atoms with E-state index in [0.717, 1.165) is 25.7 Å². The van der Waals surface area contributed by atoms with Gasteiger partial charge in [-0.1, -0.05) is 5.21 Å². The lowest BCUT2D eigenvalue weighted by molar-refractivity contribution is 0.0497. The summed E-state index contributed by atoms with van der Waals surface area (Å²) in [6.07, 6.45) is 4.62. The summed E-state index contributed by atoms with van der Waals surface area (Å²) in [5, 5.41) is 17.1. The fraction of sp³-hybridized carbons (Fsp3) is 0.769. The normalized spacial score (nSPS) is 22.9. The predicted molar refractivity (Wildman–Crippen MR) is 70.9 cm³/mol. The first-order chi connectivity index (χ1) is 9.67. The second-order valence-electron chi connectivity index (χ2n) is 5.06. The van der Waals surface area contributed by atoms with Gasteiger partial charge in [-0.05, 0) is 25.7 Å². The summed E-state index contributed by atoms with van der Waals surface area (Å²) in [5.41, 5.74) is 0.669. The second kappa shape index (κ2) is 6.81. The van der Waals surface area contributed by atoms with Crippen LogP contribution in [0, 0.1) is 0 Å². The van der Waals surface area contributed by atoms with Gasteiger partial charge in [-0.3, -0.25) is 0 Å². The van der Waals surface area contributed by atoms with Gasteiger partial charge in [0.1, 0.15) is 0 Å². The van der Waals surface area contributed by atoms with Crippen LogP contribution in [0.15, 0.2) is 0 Å². The van der Waals surface area contributed by atoms with Gasteiger partial charge in [0.05, 0.1) is 24.4 Å². The third kappa shape index (κ3) is 3.16. The number of nitrogens with zero attached hydrogens (tertiary/aromatic N) is 3. The standard InChI is InChI=1S/C13H21N3O4/c1-19-7-6-11-12(13(17)18)14-15-16(11)9-4-3-5-10(8-9)20-2/h9-10H,3-8H2,1-2H3,(H,17,18). The average molecular weight is 283 g/mol. The van der Waals surface area contributed by atoms with Crippen LogP contribution in [-0.2, 0) is 15.9 Å². The maximum atomic E-state index is 11.2. The topological polar surface area (TPSA) is 86.5 Å². The summed E-state index contributed by atoms with van der Waals surface area (Å²) in [5.74, 6) is -1.04. The molecule has 0 aromatic carbocycles. The molecular formula is C13H21N3O4. The monoisotopic (exact) mass is 283 g/mol. The molecule has 0 spiro atoms. The number of aromatic nitrogens is 3. The molecular weight excluding hydrogens is 262 g/mol. The van der Waals surface area contributed by atoms with Gasteiger partial charge < -0.3 is 14.6 Å². The van der Waals surface area contributed by atoms with Gasteiger partial charge in [-0.25, -0.2) is 9.48 Å². The van der Waals surface area contributed by atoms with Crippen LogP contribution in [-0.4, -0.2) is 53.0 Å². The molecule has 1 heterocycles. The molecule has 20 heavy (non-hydrogen) atoms. The minimum absolute atomic E-state index is 0.0293. The lowest BCUT2D eigenvalue weighted by Crippen LogP contribution is -2.26. The van der Waals surface area contributed by atoms with Crippen LogP contribution >= 0.6 is 0 Å². The van der Waals surface area contributed by atoms with Gasteiger partial charge in [0, 0.05) is 20.6 Å². The van der Waals surface area contributed by atoms with Crippen molar-refractivity contribution in [2.45, 2.75) is 44.2 Å². The van der Waals surface area contributed by atoms with Gasteiger partial charge in [0.25, 0.3) is 0 Å². The second-order valence-corrected chi connectivity index (χ2v) is 5.06. The first kappa shape index (κ1) is 14.9. The summed E-state index contributed by atoms with van der Waals surface area (Å²) >= 11 is 0. The van der Waals surface area contributed by atoms with Gasteiger partial charge in [0.15, 0.2) is 5.69 Å². The van der Waals surface area contributed by atoms with Crippen LogP contribution in [0.5, 0.6) is 0 Å². The maximum Gasteiger partial charge on any atom is 0.358 e. The zero-order valence-corrected chi connectivity index (χ0v) is 11.9. The fourth-order valence-electron chi connectivity index (χ4n) is 2.76. The molecule has 1 aliphatic rings. The van der Waals surface area contributed by atoms with E-state index in [2.05, 4.69) is 10.3 Å². The molecule has 112 valence electrons. The van der Waals surface area contributed by atoms with E-state index in [0.29, 0.717) is 18.7 Å².